The number of ketones is 1. The van der Waals surface area contributed by atoms with Gasteiger partial charge in [-0.25, -0.2) is 0 Å². The maximum Gasteiger partial charge on any atom is 0.156 e. The summed E-state index contributed by atoms with van der Waals surface area (Å²) in [4.78, 5) is 14.2. The summed E-state index contributed by atoms with van der Waals surface area (Å²) in [6.07, 6.45) is 13.1. The van der Waals surface area contributed by atoms with E-state index in [4.69, 9.17) is 5.11 Å². The smallest absolute Gasteiger partial charge is 0.156 e. The molecule has 0 radical (unpaired) electrons. The lowest BCUT2D eigenvalue weighted by molar-refractivity contribution is -0.114. The minimum Gasteiger partial charge on any atom is -0.393 e. The van der Waals surface area contributed by atoms with Crippen LogP contribution in [0.3, 0.4) is 0 Å². The van der Waals surface area contributed by atoms with E-state index < -0.39 is 0 Å². The first-order chi connectivity index (χ1) is 15.8. The van der Waals surface area contributed by atoms with Gasteiger partial charge in [-0.2, -0.15) is 0 Å². The molecule has 0 saturated heterocycles. The topological polar surface area (TPSA) is 60.8 Å². The maximum atomic E-state index is 12.1. The van der Waals surface area contributed by atoms with Crippen molar-refractivity contribution in [1.82, 2.24) is 0 Å². The Morgan fingerprint density at radius 2 is 1.82 bits per heavy atom. The first-order valence-electron chi connectivity index (χ1n) is 12.3. The minimum atomic E-state index is -0.188. The fourth-order valence-corrected chi connectivity index (χ4v) is 6.94. The molecule has 0 spiro atoms. The molecule has 5 unspecified atom stereocenters. The third-order valence-corrected chi connectivity index (χ3v) is 8.58. The SMILES string of the molecule is C#CCO.CN(C)c1ccc(C2CC3(C)C(O)CCC3C3CCC4=CC(=O)CCC4=C23)cc1. The highest BCUT2D eigenvalue weighted by molar-refractivity contribution is 5.93. The zero-order valence-electron chi connectivity index (χ0n) is 20.2. The highest BCUT2D eigenvalue weighted by Crippen LogP contribution is 2.63. The third kappa shape index (κ3) is 4.29. The fourth-order valence-electron chi connectivity index (χ4n) is 6.94. The van der Waals surface area contributed by atoms with Gasteiger partial charge in [0.25, 0.3) is 0 Å². The number of rotatable bonds is 2. The van der Waals surface area contributed by atoms with Crippen LogP contribution in [0.5, 0.6) is 0 Å². The molecule has 0 amide bonds. The number of carbonyl (C=O) groups is 1. The summed E-state index contributed by atoms with van der Waals surface area (Å²) in [7, 11) is 4.15. The lowest BCUT2D eigenvalue weighted by Crippen LogP contribution is -2.45. The molecule has 176 valence electrons. The summed E-state index contributed by atoms with van der Waals surface area (Å²) < 4.78 is 0. The molecular weight excluding hydrogens is 410 g/mol. The van der Waals surface area contributed by atoms with E-state index >= 15 is 0 Å². The van der Waals surface area contributed by atoms with E-state index in [9.17, 15) is 9.90 Å². The average Bonchev–Trinajstić information content (AvgIpc) is 3.12. The summed E-state index contributed by atoms with van der Waals surface area (Å²) in [6, 6.07) is 9.03. The van der Waals surface area contributed by atoms with Crippen molar-refractivity contribution < 1.29 is 15.0 Å². The Bertz CT molecular complexity index is 997. The van der Waals surface area contributed by atoms with Gasteiger partial charge in [0, 0.05) is 32.1 Å². The van der Waals surface area contributed by atoms with Gasteiger partial charge in [-0.1, -0.05) is 30.6 Å². The predicted octanol–water partition coefficient (Wildman–Crippen LogP) is 4.62. The van der Waals surface area contributed by atoms with Crippen LogP contribution in [0.2, 0.25) is 0 Å². The molecule has 5 rings (SSSR count). The van der Waals surface area contributed by atoms with E-state index in [-0.39, 0.29) is 18.1 Å². The maximum absolute atomic E-state index is 12.1. The summed E-state index contributed by atoms with van der Waals surface area (Å²) in [5.74, 6) is 3.78. The van der Waals surface area contributed by atoms with E-state index in [2.05, 4.69) is 56.6 Å². The second kappa shape index (κ2) is 9.49. The van der Waals surface area contributed by atoms with Gasteiger partial charge in [-0.3, -0.25) is 4.79 Å². The van der Waals surface area contributed by atoms with Gasteiger partial charge in [0.1, 0.15) is 6.61 Å². The number of aliphatic hydroxyl groups excluding tert-OH is 2. The van der Waals surface area contributed by atoms with Crippen molar-refractivity contribution in [3.05, 3.63) is 52.6 Å². The van der Waals surface area contributed by atoms with Crippen LogP contribution in [0.4, 0.5) is 5.69 Å². The first kappa shape index (κ1) is 23.8. The normalized spacial score (nSPS) is 32.5. The molecule has 4 aliphatic rings. The van der Waals surface area contributed by atoms with E-state index in [1.165, 1.54) is 22.4 Å². The number of nitrogens with zero attached hydrogens (tertiary/aromatic N) is 1. The number of fused-ring (bicyclic) bond motifs is 4. The van der Waals surface area contributed by atoms with Crippen LogP contribution >= 0.6 is 0 Å². The molecule has 2 N–H and O–H groups in total. The Kier molecular flexibility index (Phi) is 6.84. The highest BCUT2D eigenvalue weighted by Gasteiger charge is 2.56. The van der Waals surface area contributed by atoms with Crippen molar-refractivity contribution in [2.24, 2.45) is 17.3 Å². The number of aliphatic hydroxyl groups is 2. The van der Waals surface area contributed by atoms with Gasteiger partial charge in [0.05, 0.1) is 6.10 Å². The molecule has 5 atom stereocenters. The zero-order chi connectivity index (χ0) is 23.8. The molecule has 0 aliphatic heterocycles. The molecule has 4 heteroatoms. The number of allylic oxidation sites excluding steroid dienone is 4. The molecule has 1 aromatic carbocycles. The summed E-state index contributed by atoms with van der Waals surface area (Å²) in [5, 5.41) is 18.6. The lowest BCUT2D eigenvalue weighted by atomic mass is 9.53. The number of hydrogen-bond acceptors (Lipinski definition) is 4. The van der Waals surface area contributed by atoms with Crippen molar-refractivity contribution in [2.75, 3.05) is 25.6 Å². The molecular formula is C29H37NO3. The largest absolute Gasteiger partial charge is 0.393 e. The monoisotopic (exact) mass is 447 g/mol. The molecule has 4 nitrogen and oxygen atoms in total. The zero-order valence-corrected chi connectivity index (χ0v) is 20.2. The third-order valence-electron chi connectivity index (χ3n) is 8.58. The van der Waals surface area contributed by atoms with Crippen LogP contribution < -0.4 is 4.90 Å². The predicted molar refractivity (Wildman–Crippen MR) is 133 cm³/mol. The van der Waals surface area contributed by atoms with Crippen molar-refractivity contribution in [3.63, 3.8) is 0 Å². The van der Waals surface area contributed by atoms with Crippen LogP contribution in [-0.4, -0.2) is 42.8 Å². The highest BCUT2D eigenvalue weighted by atomic mass is 16.3. The van der Waals surface area contributed by atoms with Gasteiger partial charge < -0.3 is 15.1 Å². The van der Waals surface area contributed by atoms with E-state index in [0.717, 1.165) is 38.5 Å². The fraction of sp³-hybridized carbons (Fsp3) is 0.552. The Morgan fingerprint density at radius 3 is 2.45 bits per heavy atom. The van der Waals surface area contributed by atoms with Crippen LogP contribution in [0, 0.1) is 29.6 Å². The van der Waals surface area contributed by atoms with Gasteiger partial charge >= 0.3 is 0 Å². The van der Waals surface area contributed by atoms with Crippen molar-refractivity contribution >= 4 is 11.5 Å². The number of benzene rings is 1. The van der Waals surface area contributed by atoms with Crippen molar-refractivity contribution in [3.8, 4) is 12.3 Å². The number of anilines is 1. The average molecular weight is 448 g/mol. The summed E-state index contributed by atoms with van der Waals surface area (Å²) >= 11 is 0. The van der Waals surface area contributed by atoms with E-state index in [1.807, 2.05) is 12.0 Å². The van der Waals surface area contributed by atoms with Crippen molar-refractivity contribution in [2.45, 2.75) is 63.9 Å². The Morgan fingerprint density at radius 1 is 1.12 bits per heavy atom. The minimum absolute atomic E-state index is 0.00527. The standard InChI is InChI=1S/C26H33NO2.C3H4O/c1-26-15-22(16-4-7-18(8-5-16)27(2)3)25-20-11-9-19(28)14-17(20)6-10-21(25)23(26)12-13-24(26)29;1-2-3-4/h4-5,7-8,14,21-24,29H,6,9-13,15H2,1-3H3;1,4H,3H2. The lowest BCUT2D eigenvalue weighted by Gasteiger charge is -2.52. The second-order valence-corrected chi connectivity index (χ2v) is 10.5. The Balaban J connectivity index is 0.000000601. The van der Waals surface area contributed by atoms with Crippen molar-refractivity contribution in [1.29, 1.82) is 0 Å². The van der Waals surface area contributed by atoms with Crippen LogP contribution in [0.25, 0.3) is 0 Å². The second-order valence-electron chi connectivity index (χ2n) is 10.5. The molecule has 1 aromatic rings. The van der Waals surface area contributed by atoms with E-state index in [0.29, 0.717) is 30.0 Å². The molecule has 0 aromatic heterocycles. The molecule has 2 fully saturated rings. The number of carbonyl (C=O) groups excluding carboxylic acids is 1. The van der Waals surface area contributed by atoms with E-state index in [1.54, 1.807) is 5.57 Å². The van der Waals surface area contributed by atoms with Gasteiger partial charge in [0.15, 0.2) is 5.78 Å². The van der Waals surface area contributed by atoms with Crippen LogP contribution in [-0.2, 0) is 4.79 Å². The van der Waals surface area contributed by atoms with Gasteiger partial charge in [-0.05, 0) is 90.7 Å². The number of hydrogen-bond donors (Lipinski definition) is 2. The molecule has 2 saturated carbocycles. The summed E-state index contributed by atoms with van der Waals surface area (Å²) in [6.45, 7) is 2.19. The Hall–Kier alpha value is -2.35. The van der Waals surface area contributed by atoms with Gasteiger partial charge in [-0.15, -0.1) is 6.42 Å². The Labute approximate surface area is 198 Å². The first-order valence-corrected chi connectivity index (χ1v) is 12.3. The van der Waals surface area contributed by atoms with Gasteiger partial charge in [0.2, 0.25) is 0 Å². The molecule has 4 aliphatic carbocycles. The number of terminal acetylenes is 1. The molecule has 0 heterocycles. The van der Waals surface area contributed by atoms with Crippen LogP contribution in [0.15, 0.2) is 47.1 Å². The molecule has 0 bridgehead atoms. The van der Waals surface area contributed by atoms with Crippen LogP contribution in [0.1, 0.15) is 63.4 Å². The summed E-state index contributed by atoms with van der Waals surface area (Å²) in [5.41, 5.74) is 7.02. The molecule has 33 heavy (non-hydrogen) atoms. The quantitative estimate of drug-likeness (QED) is 0.649.